The topological polar surface area (TPSA) is 63.4 Å². The fourth-order valence-corrected chi connectivity index (χ4v) is 3.63. The Balaban J connectivity index is 1.86. The van der Waals surface area contributed by atoms with Crippen molar-refractivity contribution in [3.8, 4) is 0 Å². The van der Waals surface area contributed by atoms with E-state index in [1.165, 1.54) is 4.90 Å². The molecule has 3 rings (SSSR count). The molecule has 2 aliphatic carbocycles. The minimum Gasteiger partial charge on any atom is -0.326 e. The first-order valence-corrected chi connectivity index (χ1v) is 6.32. The Bertz CT molecular complexity index is 320. The molecular weight excluding hydrogens is 204 g/mol. The average Bonchev–Trinajstić information content (AvgIpc) is 2.90. The number of amides is 2. The number of hydrogen-bond acceptors (Lipinski definition) is 3. The van der Waals surface area contributed by atoms with Crippen LogP contribution in [0.1, 0.15) is 38.5 Å². The van der Waals surface area contributed by atoms with Crippen molar-refractivity contribution in [1.82, 2.24) is 4.90 Å². The molecule has 16 heavy (non-hydrogen) atoms. The van der Waals surface area contributed by atoms with Crippen LogP contribution < -0.4 is 5.73 Å². The van der Waals surface area contributed by atoms with Gasteiger partial charge >= 0.3 is 0 Å². The normalized spacial score (nSPS) is 43.2. The van der Waals surface area contributed by atoms with Crippen LogP contribution in [0, 0.1) is 11.8 Å². The summed E-state index contributed by atoms with van der Waals surface area (Å²) in [6.45, 7) is 0. The summed E-state index contributed by atoms with van der Waals surface area (Å²) in [6, 6.07) is -0.00248. The molecule has 4 unspecified atom stereocenters. The van der Waals surface area contributed by atoms with Crippen molar-refractivity contribution in [3.63, 3.8) is 0 Å². The third kappa shape index (κ3) is 1.25. The van der Waals surface area contributed by atoms with E-state index in [0.29, 0.717) is 0 Å². The summed E-state index contributed by atoms with van der Waals surface area (Å²) in [5.74, 6) is 0.102. The molecule has 0 aromatic carbocycles. The third-order valence-electron chi connectivity index (χ3n) is 4.49. The van der Waals surface area contributed by atoms with E-state index in [1.54, 1.807) is 0 Å². The van der Waals surface area contributed by atoms with E-state index >= 15 is 0 Å². The second kappa shape index (κ2) is 3.55. The molecule has 3 fully saturated rings. The number of hydrogen-bond donors (Lipinski definition) is 1. The number of nitrogens with two attached hydrogens (primary N) is 1. The van der Waals surface area contributed by atoms with Crippen LogP contribution in [0.15, 0.2) is 0 Å². The first kappa shape index (κ1) is 10.3. The van der Waals surface area contributed by atoms with Gasteiger partial charge in [-0.2, -0.15) is 0 Å². The van der Waals surface area contributed by atoms with E-state index in [-0.39, 0.29) is 35.7 Å². The van der Waals surface area contributed by atoms with Gasteiger partial charge in [0.05, 0.1) is 17.9 Å². The summed E-state index contributed by atoms with van der Waals surface area (Å²) >= 11 is 0. The van der Waals surface area contributed by atoms with Gasteiger partial charge in [-0.15, -0.1) is 0 Å². The van der Waals surface area contributed by atoms with Crippen LogP contribution in [0.3, 0.4) is 0 Å². The Morgan fingerprint density at radius 3 is 2.00 bits per heavy atom. The van der Waals surface area contributed by atoms with Gasteiger partial charge < -0.3 is 5.73 Å². The zero-order chi connectivity index (χ0) is 11.3. The second-order valence-electron chi connectivity index (χ2n) is 5.35. The van der Waals surface area contributed by atoms with Crippen molar-refractivity contribution >= 4 is 11.8 Å². The number of likely N-dealkylation sites (tertiary alicyclic amines) is 1. The monoisotopic (exact) mass is 222 g/mol. The van der Waals surface area contributed by atoms with Gasteiger partial charge in [-0.1, -0.05) is 6.42 Å². The van der Waals surface area contributed by atoms with Gasteiger partial charge in [-0.25, -0.2) is 0 Å². The van der Waals surface area contributed by atoms with Crippen molar-refractivity contribution < 1.29 is 9.59 Å². The summed E-state index contributed by atoms with van der Waals surface area (Å²) < 4.78 is 0. The molecule has 1 heterocycles. The van der Waals surface area contributed by atoms with Crippen LogP contribution in [-0.2, 0) is 9.59 Å². The summed E-state index contributed by atoms with van der Waals surface area (Å²) in [7, 11) is 0. The molecule has 88 valence electrons. The molecule has 4 nitrogen and oxygen atoms in total. The minimum absolute atomic E-state index is 0.00623. The number of imide groups is 1. The summed E-state index contributed by atoms with van der Waals surface area (Å²) in [5.41, 5.74) is 5.99. The standard InChI is InChI=1S/C12H18N2O2/c13-9-5-2-6-10(9)14-11(15)7-3-1-4-8(7)12(14)16/h7-10H,1-6,13H2. The molecule has 1 saturated heterocycles. The Morgan fingerprint density at radius 2 is 1.50 bits per heavy atom. The van der Waals surface area contributed by atoms with Crippen LogP contribution in [-0.4, -0.2) is 28.8 Å². The van der Waals surface area contributed by atoms with E-state index in [2.05, 4.69) is 0 Å². The van der Waals surface area contributed by atoms with Gasteiger partial charge in [0.1, 0.15) is 0 Å². The van der Waals surface area contributed by atoms with E-state index < -0.39 is 0 Å². The molecule has 0 spiro atoms. The highest BCUT2D eigenvalue weighted by atomic mass is 16.2. The molecule has 0 aromatic heterocycles. The molecule has 1 aliphatic heterocycles. The van der Waals surface area contributed by atoms with Gasteiger partial charge in [0.25, 0.3) is 0 Å². The van der Waals surface area contributed by atoms with Crippen LogP contribution in [0.25, 0.3) is 0 Å². The molecule has 4 heteroatoms. The highest BCUT2D eigenvalue weighted by molar-refractivity contribution is 6.05. The third-order valence-corrected chi connectivity index (χ3v) is 4.49. The number of nitrogens with zero attached hydrogens (tertiary/aromatic N) is 1. The smallest absolute Gasteiger partial charge is 0.233 e. The molecule has 0 bridgehead atoms. The SMILES string of the molecule is NC1CCCC1N1C(=O)C2CCCC2C1=O. The number of fused-ring (bicyclic) bond motifs is 1. The fourth-order valence-electron chi connectivity index (χ4n) is 3.63. The van der Waals surface area contributed by atoms with Gasteiger partial charge in [0.2, 0.25) is 11.8 Å². The van der Waals surface area contributed by atoms with Crippen molar-refractivity contribution in [2.45, 2.75) is 50.6 Å². The maximum Gasteiger partial charge on any atom is 0.233 e. The second-order valence-corrected chi connectivity index (χ2v) is 5.35. The summed E-state index contributed by atoms with van der Waals surface area (Å²) in [5, 5.41) is 0. The van der Waals surface area contributed by atoms with E-state index in [1.807, 2.05) is 0 Å². The lowest BCUT2D eigenvalue weighted by atomic mass is 10.00. The number of carbonyl (C=O) groups excluding carboxylic acids is 2. The van der Waals surface area contributed by atoms with Gasteiger partial charge in [-0.05, 0) is 32.1 Å². The lowest BCUT2D eigenvalue weighted by Gasteiger charge is -2.26. The first-order valence-electron chi connectivity index (χ1n) is 6.32. The van der Waals surface area contributed by atoms with Crippen molar-refractivity contribution in [1.29, 1.82) is 0 Å². The molecule has 2 saturated carbocycles. The Hall–Kier alpha value is -0.900. The minimum atomic E-state index is -0.0136. The van der Waals surface area contributed by atoms with E-state index in [0.717, 1.165) is 38.5 Å². The Kier molecular flexibility index (Phi) is 2.28. The van der Waals surface area contributed by atoms with Crippen LogP contribution >= 0.6 is 0 Å². The van der Waals surface area contributed by atoms with Crippen LogP contribution in [0.4, 0.5) is 0 Å². The number of rotatable bonds is 1. The van der Waals surface area contributed by atoms with Crippen molar-refractivity contribution in [2.75, 3.05) is 0 Å². The zero-order valence-electron chi connectivity index (χ0n) is 9.39. The summed E-state index contributed by atoms with van der Waals surface area (Å²) in [6.07, 6.45) is 5.70. The molecule has 2 N–H and O–H groups in total. The molecule has 4 atom stereocenters. The molecule has 3 aliphatic rings. The van der Waals surface area contributed by atoms with Crippen LogP contribution in [0.2, 0.25) is 0 Å². The largest absolute Gasteiger partial charge is 0.326 e. The van der Waals surface area contributed by atoms with Crippen molar-refractivity contribution in [3.05, 3.63) is 0 Å². The Labute approximate surface area is 95.2 Å². The maximum atomic E-state index is 12.2. The lowest BCUT2D eigenvalue weighted by molar-refractivity contribution is -0.143. The highest BCUT2D eigenvalue weighted by Gasteiger charge is 2.53. The Morgan fingerprint density at radius 1 is 0.938 bits per heavy atom. The van der Waals surface area contributed by atoms with Crippen LogP contribution in [0.5, 0.6) is 0 Å². The zero-order valence-corrected chi connectivity index (χ0v) is 9.39. The molecular formula is C12H18N2O2. The summed E-state index contributed by atoms with van der Waals surface area (Å²) in [4.78, 5) is 25.9. The average molecular weight is 222 g/mol. The van der Waals surface area contributed by atoms with Crippen molar-refractivity contribution in [2.24, 2.45) is 17.6 Å². The van der Waals surface area contributed by atoms with Gasteiger partial charge in [-0.3, -0.25) is 14.5 Å². The van der Waals surface area contributed by atoms with E-state index in [4.69, 9.17) is 5.73 Å². The quantitative estimate of drug-likeness (QED) is 0.663. The van der Waals surface area contributed by atoms with Gasteiger partial charge in [0.15, 0.2) is 0 Å². The van der Waals surface area contributed by atoms with E-state index in [9.17, 15) is 9.59 Å². The molecule has 2 amide bonds. The highest BCUT2D eigenvalue weighted by Crippen LogP contribution is 2.42. The number of carbonyl (C=O) groups is 2. The van der Waals surface area contributed by atoms with Gasteiger partial charge in [0, 0.05) is 6.04 Å². The predicted molar refractivity (Wildman–Crippen MR) is 58.3 cm³/mol. The predicted octanol–water partition coefficient (Wildman–Crippen LogP) is 0.651. The molecule has 0 radical (unpaired) electrons. The molecule has 0 aromatic rings. The maximum absolute atomic E-state index is 12.2. The fraction of sp³-hybridized carbons (Fsp3) is 0.833. The lowest BCUT2D eigenvalue weighted by Crippen LogP contribution is -2.48. The first-order chi connectivity index (χ1) is 7.70.